The lowest BCUT2D eigenvalue weighted by Gasteiger charge is -2.18. The van der Waals surface area contributed by atoms with Crippen molar-refractivity contribution in [2.24, 2.45) is 0 Å². The van der Waals surface area contributed by atoms with Gasteiger partial charge in [0.1, 0.15) is 12.6 Å². The molecule has 0 rings (SSSR count). The number of allylic oxidation sites excluding steroid dienone is 2. The van der Waals surface area contributed by atoms with E-state index in [1.54, 1.807) is 0 Å². The van der Waals surface area contributed by atoms with Crippen molar-refractivity contribution in [2.45, 2.75) is 251 Å². The number of carboxylic acid groups (broad SMARTS) is 1. The van der Waals surface area contributed by atoms with Crippen molar-refractivity contribution in [3.05, 3.63) is 12.2 Å². The van der Waals surface area contributed by atoms with Gasteiger partial charge in [-0.2, -0.15) is 0 Å². The Morgan fingerprint density at radius 3 is 1.27 bits per heavy atom. The number of carbonyl (C=O) groups excluding carboxylic acids is 2. The Morgan fingerprint density at radius 2 is 0.843 bits per heavy atom. The van der Waals surface area contributed by atoms with Gasteiger partial charge in [0.15, 0.2) is 0 Å². The summed E-state index contributed by atoms with van der Waals surface area (Å²) in [6.07, 6.45) is 47.6. The second-order valence-corrected chi connectivity index (χ2v) is 15.3. The number of aliphatic carboxylic acids is 1. The summed E-state index contributed by atoms with van der Waals surface area (Å²) in [5.41, 5.74) is 0. The first-order valence-electron chi connectivity index (χ1n) is 22.3. The van der Waals surface area contributed by atoms with E-state index in [-0.39, 0.29) is 24.5 Å². The van der Waals surface area contributed by atoms with E-state index in [9.17, 15) is 14.4 Å². The molecule has 51 heavy (non-hydrogen) atoms. The van der Waals surface area contributed by atoms with Crippen LogP contribution in [0.15, 0.2) is 12.2 Å². The summed E-state index contributed by atoms with van der Waals surface area (Å²) in [5, 5.41) is 11.1. The number of amides is 1. The minimum atomic E-state index is -1.01. The fraction of sp³-hybridized carbons (Fsp3) is 0.889. The van der Waals surface area contributed by atoms with Crippen LogP contribution in [0.2, 0.25) is 0 Å². The normalized spacial score (nSPS) is 12.0. The summed E-state index contributed by atoms with van der Waals surface area (Å²) in [6, 6.07) is 0. The van der Waals surface area contributed by atoms with Crippen LogP contribution in [-0.2, 0) is 19.1 Å². The van der Waals surface area contributed by atoms with E-state index in [0.717, 1.165) is 70.6 Å². The van der Waals surface area contributed by atoms with Crippen LogP contribution >= 0.6 is 0 Å². The number of unbranched alkanes of at least 4 members (excludes halogenated alkanes) is 28. The third-order valence-electron chi connectivity index (χ3n) is 10.2. The molecule has 0 bridgehead atoms. The first-order chi connectivity index (χ1) is 25.0. The monoisotopic (exact) mass is 720 g/mol. The number of hydrogen-bond donors (Lipinski definition) is 2. The molecule has 2 N–H and O–H groups in total. The van der Waals surface area contributed by atoms with Gasteiger partial charge in [0, 0.05) is 12.8 Å². The topological polar surface area (TPSA) is 92.7 Å². The summed E-state index contributed by atoms with van der Waals surface area (Å²) in [7, 11) is 0. The molecule has 6 heteroatoms. The SMILES string of the molecule is CCCCCCCCCC/C=C\CCCCCC(CCCCCCCC(=O)NCC(=O)O)OC(=O)CCCCCCCCCCCCCCCC. The predicted octanol–water partition coefficient (Wildman–Crippen LogP) is 13.7. The Morgan fingerprint density at radius 1 is 0.490 bits per heavy atom. The zero-order chi connectivity index (χ0) is 37.3. The average Bonchev–Trinajstić information content (AvgIpc) is 3.11. The van der Waals surface area contributed by atoms with Gasteiger partial charge >= 0.3 is 11.9 Å². The molecule has 0 aromatic heterocycles. The Hall–Kier alpha value is -1.85. The summed E-state index contributed by atoms with van der Waals surface area (Å²) in [4.78, 5) is 35.0. The van der Waals surface area contributed by atoms with E-state index in [0.29, 0.717) is 12.8 Å². The molecule has 1 unspecified atom stereocenters. The Labute approximate surface area is 316 Å². The molecule has 0 aliphatic carbocycles. The summed E-state index contributed by atoms with van der Waals surface area (Å²) in [5.74, 6) is -1.23. The van der Waals surface area contributed by atoms with Crippen molar-refractivity contribution in [3.63, 3.8) is 0 Å². The van der Waals surface area contributed by atoms with Crippen LogP contribution in [0.25, 0.3) is 0 Å². The van der Waals surface area contributed by atoms with Gasteiger partial charge in [-0.25, -0.2) is 0 Å². The number of nitrogens with one attached hydrogen (secondary N) is 1. The number of ether oxygens (including phenoxy) is 1. The lowest BCUT2D eigenvalue weighted by atomic mass is 10.0. The van der Waals surface area contributed by atoms with Crippen molar-refractivity contribution < 1.29 is 24.2 Å². The standard InChI is InChI=1S/C45H85NO5/c1-3-5-7-9-11-13-15-17-19-20-22-24-26-29-33-37-42(38-34-30-28-31-35-39-43(47)46-41-44(48)49)51-45(50)40-36-32-27-25-23-21-18-16-14-12-10-8-6-4-2/h20,22,42H,3-19,21,23-41H2,1-2H3,(H,46,47)(H,48,49)/b22-20-. The molecule has 0 heterocycles. The van der Waals surface area contributed by atoms with Crippen LogP contribution in [0, 0.1) is 0 Å². The molecule has 0 aliphatic rings. The fourth-order valence-electron chi connectivity index (χ4n) is 6.86. The molecule has 0 radical (unpaired) electrons. The lowest BCUT2D eigenvalue weighted by molar-refractivity contribution is -0.150. The van der Waals surface area contributed by atoms with Crippen LogP contribution in [0.5, 0.6) is 0 Å². The zero-order valence-corrected chi connectivity index (χ0v) is 34.0. The molecule has 0 aliphatic heterocycles. The summed E-state index contributed by atoms with van der Waals surface area (Å²) < 4.78 is 6.03. The molecule has 300 valence electrons. The molecular formula is C45H85NO5. The smallest absolute Gasteiger partial charge is 0.322 e. The quantitative estimate of drug-likeness (QED) is 0.0373. The highest BCUT2D eigenvalue weighted by Crippen LogP contribution is 2.19. The summed E-state index contributed by atoms with van der Waals surface area (Å²) >= 11 is 0. The van der Waals surface area contributed by atoms with E-state index in [2.05, 4.69) is 31.3 Å². The Kier molecular flexibility index (Phi) is 39.4. The molecule has 1 atom stereocenters. The maximum atomic E-state index is 12.8. The number of carbonyl (C=O) groups is 3. The van der Waals surface area contributed by atoms with Gasteiger partial charge in [-0.1, -0.05) is 180 Å². The van der Waals surface area contributed by atoms with Gasteiger partial charge in [0.2, 0.25) is 5.91 Å². The molecular weight excluding hydrogens is 634 g/mol. The van der Waals surface area contributed by atoms with E-state index >= 15 is 0 Å². The molecule has 1 amide bonds. The zero-order valence-electron chi connectivity index (χ0n) is 34.0. The van der Waals surface area contributed by atoms with Crippen LogP contribution in [0.1, 0.15) is 245 Å². The van der Waals surface area contributed by atoms with Gasteiger partial charge in [-0.3, -0.25) is 14.4 Å². The van der Waals surface area contributed by atoms with Crippen molar-refractivity contribution in [2.75, 3.05) is 6.54 Å². The van der Waals surface area contributed by atoms with Crippen LogP contribution in [0.4, 0.5) is 0 Å². The predicted molar refractivity (Wildman–Crippen MR) is 217 cm³/mol. The third kappa shape index (κ3) is 40.8. The highest BCUT2D eigenvalue weighted by Gasteiger charge is 2.14. The van der Waals surface area contributed by atoms with Crippen molar-refractivity contribution >= 4 is 17.8 Å². The first-order valence-corrected chi connectivity index (χ1v) is 22.3. The van der Waals surface area contributed by atoms with E-state index in [1.165, 1.54) is 148 Å². The second kappa shape index (κ2) is 40.9. The van der Waals surface area contributed by atoms with E-state index in [1.807, 2.05) is 0 Å². The number of rotatable bonds is 41. The molecule has 6 nitrogen and oxygen atoms in total. The van der Waals surface area contributed by atoms with Gasteiger partial charge in [0.25, 0.3) is 0 Å². The Balaban J connectivity index is 4.17. The molecule has 0 aromatic carbocycles. The molecule has 0 saturated heterocycles. The minimum absolute atomic E-state index is 0.0171. The fourth-order valence-corrected chi connectivity index (χ4v) is 6.86. The van der Waals surface area contributed by atoms with Gasteiger partial charge in [0.05, 0.1) is 0 Å². The molecule has 0 saturated carbocycles. The number of carboxylic acids is 1. The Bertz CT molecular complexity index is 797. The van der Waals surface area contributed by atoms with Gasteiger partial charge in [-0.05, 0) is 64.2 Å². The van der Waals surface area contributed by atoms with Crippen LogP contribution in [-0.4, -0.2) is 35.6 Å². The van der Waals surface area contributed by atoms with Gasteiger partial charge in [-0.15, -0.1) is 0 Å². The van der Waals surface area contributed by atoms with Crippen LogP contribution in [0.3, 0.4) is 0 Å². The molecule has 0 aromatic rings. The van der Waals surface area contributed by atoms with E-state index in [4.69, 9.17) is 9.84 Å². The van der Waals surface area contributed by atoms with Crippen molar-refractivity contribution in [1.82, 2.24) is 5.32 Å². The van der Waals surface area contributed by atoms with Crippen molar-refractivity contribution in [1.29, 1.82) is 0 Å². The highest BCUT2D eigenvalue weighted by atomic mass is 16.5. The number of hydrogen-bond acceptors (Lipinski definition) is 4. The van der Waals surface area contributed by atoms with Crippen molar-refractivity contribution in [3.8, 4) is 0 Å². The summed E-state index contributed by atoms with van der Waals surface area (Å²) in [6.45, 7) is 4.24. The second-order valence-electron chi connectivity index (χ2n) is 15.3. The first kappa shape index (κ1) is 49.1. The largest absolute Gasteiger partial charge is 0.480 e. The van der Waals surface area contributed by atoms with Gasteiger partial charge < -0.3 is 15.2 Å². The lowest BCUT2D eigenvalue weighted by Crippen LogP contribution is -2.28. The van der Waals surface area contributed by atoms with Crippen LogP contribution < -0.4 is 5.32 Å². The maximum absolute atomic E-state index is 12.8. The maximum Gasteiger partial charge on any atom is 0.322 e. The number of esters is 1. The highest BCUT2D eigenvalue weighted by molar-refractivity contribution is 5.80. The van der Waals surface area contributed by atoms with E-state index < -0.39 is 5.97 Å². The third-order valence-corrected chi connectivity index (χ3v) is 10.2. The minimum Gasteiger partial charge on any atom is -0.480 e. The molecule has 0 spiro atoms. The molecule has 0 fully saturated rings. The average molecular weight is 720 g/mol.